The molecule has 4 heteroatoms. The lowest BCUT2D eigenvalue weighted by molar-refractivity contribution is 0.241. The molecule has 0 saturated carbocycles. The largest absolute Gasteiger partial charge is 0.422 e. The van der Waals surface area contributed by atoms with Gasteiger partial charge in [-0.25, -0.2) is 4.79 Å². The number of likely N-dealkylation sites (tertiary alicyclic amines) is 1. The fraction of sp³-hybridized carbons (Fsp3) is 0.381. The molecule has 130 valence electrons. The summed E-state index contributed by atoms with van der Waals surface area (Å²) in [5.74, 6) is 0. The normalized spacial score (nSPS) is 18.3. The lowest BCUT2D eigenvalue weighted by atomic mass is 10.0. The first-order valence-electron chi connectivity index (χ1n) is 8.93. The molecule has 2 aromatic heterocycles. The van der Waals surface area contributed by atoms with Crippen LogP contribution in [0.3, 0.4) is 0 Å². The predicted molar refractivity (Wildman–Crippen MR) is 99.8 cm³/mol. The summed E-state index contributed by atoms with van der Waals surface area (Å²) < 4.78 is 7.72. The first kappa shape index (κ1) is 16.2. The molecule has 0 spiro atoms. The van der Waals surface area contributed by atoms with Gasteiger partial charge in [-0.2, -0.15) is 0 Å². The maximum absolute atomic E-state index is 12.1. The van der Waals surface area contributed by atoms with Crippen molar-refractivity contribution in [3.63, 3.8) is 0 Å². The van der Waals surface area contributed by atoms with Crippen LogP contribution in [0.15, 0.2) is 45.7 Å². The van der Waals surface area contributed by atoms with Gasteiger partial charge >= 0.3 is 5.63 Å². The zero-order chi connectivity index (χ0) is 17.6. The van der Waals surface area contributed by atoms with Crippen molar-refractivity contribution in [1.29, 1.82) is 0 Å². The smallest absolute Gasteiger partial charge is 0.336 e. The molecule has 0 N–H and O–H groups in total. The monoisotopic (exact) mass is 336 g/mol. The first-order chi connectivity index (χ1) is 12.0. The first-order valence-corrected chi connectivity index (χ1v) is 8.93. The third-order valence-corrected chi connectivity index (χ3v) is 5.58. The van der Waals surface area contributed by atoms with Gasteiger partial charge in [0.05, 0.1) is 6.04 Å². The van der Waals surface area contributed by atoms with Crippen molar-refractivity contribution in [1.82, 2.24) is 9.47 Å². The van der Waals surface area contributed by atoms with Crippen LogP contribution in [0.5, 0.6) is 0 Å². The van der Waals surface area contributed by atoms with E-state index >= 15 is 0 Å². The van der Waals surface area contributed by atoms with Crippen molar-refractivity contribution >= 4 is 11.0 Å². The Labute approximate surface area is 147 Å². The highest BCUT2D eigenvalue weighted by atomic mass is 16.4. The molecule has 1 saturated heterocycles. The summed E-state index contributed by atoms with van der Waals surface area (Å²) >= 11 is 0. The zero-order valence-corrected chi connectivity index (χ0v) is 15.1. The molecule has 1 aromatic carbocycles. The van der Waals surface area contributed by atoms with E-state index in [0.717, 1.165) is 47.2 Å². The van der Waals surface area contributed by atoms with Crippen LogP contribution in [-0.4, -0.2) is 16.0 Å². The van der Waals surface area contributed by atoms with Crippen molar-refractivity contribution in [2.45, 2.75) is 39.3 Å². The van der Waals surface area contributed by atoms with Gasteiger partial charge in [0, 0.05) is 36.9 Å². The van der Waals surface area contributed by atoms with E-state index in [9.17, 15) is 4.79 Å². The van der Waals surface area contributed by atoms with Gasteiger partial charge in [0.25, 0.3) is 0 Å². The van der Waals surface area contributed by atoms with Crippen molar-refractivity contribution in [2.75, 3.05) is 6.54 Å². The number of hydrogen-bond donors (Lipinski definition) is 0. The van der Waals surface area contributed by atoms with Gasteiger partial charge in [0.2, 0.25) is 0 Å². The van der Waals surface area contributed by atoms with Crippen molar-refractivity contribution in [3.8, 4) is 0 Å². The predicted octanol–water partition coefficient (Wildman–Crippen LogP) is 4.09. The molecule has 4 nitrogen and oxygen atoms in total. The minimum Gasteiger partial charge on any atom is -0.422 e. The molecule has 0 radical (unpaired) electrons. The van der Waals surface area contributed by atoms with E-state index in [-0.39, 0.29) is 5.63 Å². The van der Waals surface area contributed by atoms with E-state index in [1.807, 2.05) is 13.8 Å². The molecule has 0 amide bonds. The SMILES string of the molecule is Cc1ccc2c(CN3CCC[C@@H]3c3cccn3C)cc(=O)oc2c1C. The van der Waals surface area contributed by atoms with Gasteiger partial charge in [-0.15, -0.1) is 0 Å². The summed E-state index contributed by atoms with van der Waals surface area (Å²) in [7, 11) is 2.10. The number of benzene rings is 1. The van der Waals surface area contributed by atoms with Crippen LogP contribution in [0.4, 0.5) is 0 Å². The number of aromatic nitrogens is 1. The second-order valence-corrected chi connectivity index (χ2v) is 7.15. The zero-order valence-electron chi connectivity index (χ0n) is 15.1. The topological polar surface area (TPSA) is 38.4 Å². The molecular weight excluding hydrogens is 312 g/mol. The Morgan fingerprint density at radius 3 is 2.84 bits per heavy atom. The van der Waals surface area contributed by atoms with Crippen LogP contribution in [0, 0.1) is 13.8 Å². The number of fused-ring (bicyclic) bond motifs is 1. The maximum Gasteiger partial charge on any atom is 0.336 e. The van der Waals surface area contributed by atoms with Crippen LogP contribution in [0.25, 0.3) is 11.0 Å². The van der Waals surface area contributed by atoms with Crippen LogP contribution < -0.4 is 5.63 Å². The molecule has 0 unspecified atom stereocenters. The molecule has 1 aliphatic rings. The van der Waals surface area contributed by atoms with Gasteiger partial charge in [0.1, 0.15) is 5.58 Å². The number of aryl methyl sites for hydroxylation is 3. The Kier molecular flexibility index (Phi) is 4.00. The number of rotatable bonds is 3. The fourth-order valence-electron chi connectivity index (χ4n) is 4.04. The van der Waals surface area contributed by atoms with Crippen molar-refractivity contribution in [2.24, 2.45) is 7.05 Å². The molecule has 1 fully saturated rings. The Hall–Kier alpha value is -2.33. The average molecular weight is 336 g/mol. The highest BCUT2D eigenvalue weighted by Crippen LogP contribution is 2.34. The molecular formula is C21H24N2O2. The van der Waals surface area contributed by atoms with Crippen LogP contribution in [0.1, 0.15) is 41.3 Å². The summed E-state index contributed by atoms with van der Waals surface area (Å²) in [4.78, 5) is 14.6. The third-order valence-electron chi connectivity index (χ3n) is 5.58. The Morgan fingerprint density at radius 2 is 2.08 bits per heavy atom. The number of hydrogen-bond acceptors (Lipinski definition) is 3. The second-order valence-electron chi connectivity index (χ2n) is 7.15. The molecule has 4 rings (SSSR count). The van der Waals surface area contributed by atoms with E-state index in [1.54, 1.807) is 6.07 Å². The van der Waals surface area contributed by atoms with E-state index in [2.05, 4.69) is 47.0 Å². The van der Waals surface area contributed by atoms with Gasteiger partial charge < -0.3 is 8.98 Å². The summed E-state index contributed by atoms with van der Waals surface area (Å²) in [6.07, 6.45) is 4.45. The second kappa shape index (κ2) is 6.19. The fourth-order valence-corrected chi connectivity index (χ4v) is 4.04. The Morgan fingerprint density at radius 1 is 1.24 bits per heavy atom. The highest BCUT2D eigenvalue weighted by Gasteiger charge is 2.28. The maximum atomic E-state index is 12.1. The molecule has 25 heavy (non-hydrogen) atoms. The van der Waals surface area contributed by atoms with Crippen molar-refractivity contribution < 1.29 is 4.42 Å². The van der Waals surface area contributed by atoms with Gasteiger partial charge in [-0.05, 0) is 62.1 Å². The molecule has 3 aromatic rings. The summed E-state index contributed by atoms with van der Waals surface area (Å²) in [5, 5.41) is 1.06. The number of nitrogens with zero attached hydrogens (tertiary/aromatic N) is 2. The summed E-state index contributed by atoms with van der Waals surface area (Å²) in [6.45, 7) is 5.91. The molecule has 0 aliphatic carbocycles. The van der Waals surface area contributed by atoms with E-state index in [1.165, 1.54) is 12.1 Å². The summed E-state index contributed by atoms with van der Waals surface area (Å²) in [6, 6.07) is 10.6. The van der Waals surface area contributed by atoms with Crippen LogP contribution in [0.2, 0.25) is 0 Å². The average Bonchev–Trinajstić information content (AvgIpc) is 3.20. The van der Waals surface area contributed by atoms with E-state index < -0.39 is 0 Å². The van der Waals surface area contributed by atoms with E-state index in [4.69, 9.17) is 4.42 Å². The summed E-state index contributed by atoms with van der Waals surface area (Å²) in [5.41, 5.74) is 5.09. The molecule has 1 atom stereocenters. The van der Waals surface area contributed by atoms with Crippen LogP contribution in [-0.2, 0) is 13.6 Å². The minimum absolute atomic E-state index is 0.259. The van der Waals surface area contributed by atoms with Gasteiger partial charge in [-0.3, -0.25) is 4.90 Å². The molecule has 0 bridgehead atoms. The molecule has 1 aliphatic heterocycles. The third kappa shape index (κ3) is 2.81. The Bertz CT molecular complexity index is 983. The lowest BCUT2D eigenvalue weighted by Gasteiger charge is -2.25. The van der Waals surface area contributed by atoms with Crippen molar-refractivity contribution in [3.05, 3.63) is 69.3 Å². The Balaban J connectivity index is 1.74. The minimum atomic E-state index is -0.259. The van der Waals surface area contributed by atoms with Crippen LogP contribution >= 0.6 is 0 Å². The molecule has 3 heterocycles. The van der Waals surface area contributed by atoms with E-state index in [0.29, 0.717) is 6.04 Å². The quantitative estimate of drug-likeness (QED) is 0.676. The lowest BCUT2D eigenvalue weighted by Crippen LogP contribution is -2.24. The standard InChI is InChI=1S/C21H24N2O2/c1-14-8-9-17-16(12-20(24)25-21(17)15(14)2)13-23-11-5-7-19(23)18-6-4-10-22(18)3/h4,6,8-10,12,19H,5,7,11,13H2,1-3H3/t19-/m1/s1. The van der Waals surface area contributed by atoms with Gasteiger partial charge in [0.15, 0.2) is 0 Å². The highest BCUT2D eigenvalue weighted by molar-refractivity contribution is 5.83. The van der Waals surface area contributed by atoms with Gasteiger partial charge in [-0.1, -0.05) is 12.1 Å².